The fourth-order valence-electron chi connectivity index (χ4n) is 1.24. The van der Waals surface area contributed by atoms with Crippen LogP contribution in [0.3, 0.4) is 0 Å². The van der Waals surface area contributed by atoms with Crippen LogP contribution in [0.4, 0.5) is 5.82 Å². The van der Waals surface area contributed by atoms with Crippen LogP contribution in [0.25, 0.3) is 10.2 Å². The van der Waals surface area contributed by atoms with E-state index in [2.05, 4.69) is 16.0 Å². The lowest BCUT2D eigenvalue weighted by Crippen LogP contribution is -1.95. The molecular formula is C10H10N4S2. The summed E-state index contributed by atoms with van der Waals surface area (Å²) in [6.45, 7) is 0. The van der Waals surface area contributed by atoms with Gasteiger partial charge in [-0.1, -0.05) is 11.8 Å². The third kappa shape index (κ3) is 2.43. The highest BCUT2D eigenvalue weighted by Gasteiger charge is 2.06. The number of nitrogen functional groups attached to an aromatic ring is 1. The number of thioether (sulfide) groups is 1. The number of unbranched alkanes of at least 4 members (excludes halogenated alkanes) is 1. The molecule has 0 spiro atoms. The number of hydrogen-bond donors (Lipinski definition) is 1. The third-order valence-corrected chi connectivity index (χ3v) is 3.74. The first-order valence-electron chi connectivity index (χ1n) is 4.81. The van der Waals surface area contributed by atoms with E-state index in [1.54, 1.807) is 23.1 Å². The quantitative estimate of drug-likeness (QED) is 0.513. The predicted molar refractivity (Wildman–Crippen MR) is 67.4 cm³/mol. The van der Waals surface area contributed by atoms with E-state index >= 15 is 0 Å². The van der Waals surface area contributed by atoms with Crippen LogP contribution < -0.4 is 5.73 Å². The van der Waals surface area contributed by atoms with Crippen molar-refractivity contribution in [3.63, 3.8) is 0 Å². The van der Waals surface area contributed by atoms with E-state index in [4.69, 9.17) is 11.0 Å². The van der Waals surface area contributed by atoms with Crippen molar-refractivity contribution in [2.24, 2.45) is 0 Å². The van der Waals surface area contributed by atoms with E-state index in [1.165, 1.54) is 0 Å². The van der Waals surface area contributed by atoms with Crippen LogP contribution in [0.15, 0.2) is 16.6 Å². The summed E-state index contributed by atoms with van der Waals surface area (Å²) in [7, 11) is 0. The summed E-state index contributed by atoms with van der Waals surface area (Å²) in [6.07, 6.45) is 1.43. The minimum absolute atomic E-state index is 0.536. The van der Waals surface area contributed by atoms with Crippen LogP contribution in [0.5, 0.6) is 0 Å². The Balaban J connectivity index is 2.10. The van der Waals surface area contributed by atoms with Crippen molar-refractivity contribution in [3.8, 4) is 6.07 Å². The van der Waals surface area contributed by atoms with Crippen LogP contribution in [0.2, 0.25) is 0 Å². The largest absolute Gasteiger partial charge is 0.383 e. The molecule has 2 aromatic rings. The fourth-order valence-corrected chi connectivity index (χ4v) is 2.86. The molecule has 2 aromatic heterocycles. The first-order chi connectivity index (χ1) is 7.81. The molecule has 16 heavy (non-hydrogen) atoms. The van der Waals surface area contributed by atoms with Gasteiger partial charge in [0.25, 0.3) is 0 Å². The summed E-state index contributed by atoms with van der Waals surface area (Å²) in [5, 5.41) is 12.0. The van der Waals surface area contributed by atoms with Crippen LogP contribution in [0.1, 0.15) is 12.8 Å². The molecule has 2 heterocycles. The molecule has 0 atom stereocenters. The molecule has 0 radical (unpaired) electrons. The molecule has 0 aliphatic rings. The number of thiophene rings is 1. The number of aromatic nitrogens is 2. The molecule has 0 unspecified atom stereocenters. The van der Waals surface area contributed by atoms with Crippen molar-refractivity contribution < 1.29 is 0 Å². The molecule has 0 bridgehead atoms. The SMILES string of the molecule is N#CCCCSc1nc(N)c2ccsc2n1. The van der Waals surface area contributed by atoms with Crippen LogP contribution >= 0.6 is 23.1 Å². The average Bonchev–Trinajstić information content (AvgIpc) is 2.73. The topological polar surface area (TPSA) is 75.6 Å². The van der Waals surface area contributed by atoms with Gasteiger partial charge in [0, 0.05) is 12.2 Å². The molecule has 0 saturated heterocycles. The standard InChI is InChI=1S/C10H10N4S2/c11-4-1-2-5-16-10-13-8(12)7-3-6-15-9(7)14-10/h3,6H,1-2,5H2,(H2,12,13,14). The van der Waals surface area contributed by atoms with Crippen molar-refractivity contribution >= 4 is 39.1 Å². The Labute approximate surface area is 102 Å². The molecule has 6 heteroatoms. The lowest BCUT2D eigenvalue weighted by Gasteiger charge is -2.00. The van der Waals surface area contributed by atoms with E-state index in [0.717, 1.165) is 22.4 Å². The summed E-state index contributed by atoms with van der Waals surface area (Å²) < 4.78 is 0. The van der Waals surface area contributed by atoms with Gasteiger partial charge in [0.15, 0.2) is 5.16 Å². The molecule has 0 amide bonds. The summed E-state index contributed by atoms with van der Waals surface area (Å²) in [6, 6.07) is 4.04. The average molecular weight is 250 g/mol. The van der Waals surface area contributed by atoms with Crippen molar-refractivity contribution in [2.75, 3.05) is 11.5 Å². The molecule has 2 N–H and O–H groups in total. The van der Waals surface area contributed by atoms with E-state index in [1.807, 2.05) is 11.4 Å². The molecule has 82 valence electrons. The fraction of sp³-hybridized carbons (Fsp3) is 0.300. The molecule has 4 nitrogen and oxygen atoms in total. The third-order valence-electron chi connectivity index (χ3n) is 2.00. The van der Waals surface area contributed by atoms with Crippen molar-refractivity contribution in [3.05, 3.63) is 11.4 Å². The van der Waals surface area contributed by atoms with Crippen LogP contribution in [0, 0.1) is 11.3 Å². The van der Waals surface area contributed by atoms with Crippen LogP contribution in [-0.4, -0.2) is 15.7 Å². The molecular weight excluding hydrogens is 240 g/mol. The van der Waals surface area contributed by atoms with Gasteiger partial charge in [-0.15, -0.1) is 11.3 Å². The monoisotopic (exact) mass is 250 g/mol. The predicted octanol–water partition coefficient (Wildman–Crippen LogP) is 2.67. The number of hydrogen-bond acceptors (Lipinski definition) is 6. The second-order valence-corrected chi connectivity index (χ2v) is 5.10. The zero-order valence-corrected chi connectivity index (χ0v) is 10.1. The summed E-state index contributed by atoms with van der Waals surface area (Å²) >= 11 is 3.11. The van der Waals surface area contributed by atoms with Gasteiger partial charge >= 0.3 is 0 Å². The summed E-state index contributed by atoms with van der Waals surface area (Å²) in [4.78, 5) is 9.55. The van der Waals surface area contributed by atoms with E-state index < -0.39 is 0 Å². The second kappa shape index (κ2) is 5.14. The highest BCUT2D eigenvalue weighted by Crippen LogP contribution is 2.26. The van der Waals surface area contributed by atoms with E-state index in [-0.39, 0.29) is 0 Å². The van der Waals surface area contributed by atoms with E-state index in [0.29, 0.717) is 17.4 Å². The Kier molecular flexibility index (Phi) is 3.59. The second-order valence-electron chi connectivity index (χ2n) is 3.14. The Morgan fingerprint density at radius 3 is 3.19 bits per heavy atom. The van der Waals surface area contributed by atoms with Crippen LogP contribution in [-0.2, 0) is 0 Å². The van der Waals surface area contributed by atoms with Crippen molar-refractivity contribution in [2.45, 2.75) is 18.0 Å². The minimum Gasteiger partial charge on any atom is -0.383 e. The number of rotatable bonds is 4. The van der Waals surface area contributed by atoms with Gasteiger partial charge in [-0.3, -0.25) is 0 Å². The molecule has 0 aliphatic carbocycles. The smallest absolute Gasteiger partial charge is 0.190 e. The van der Waals surface area contributed by atoms with Gasteiger partial charge in [0.2, 0.25) is 0 Å². The number of fused-ring (bicyclic) bond motifs is 1. The molecule has 0 fully saturated rings. The maximum atomic E-state index is 8.41. The van der Waals surface area contributed by atoms with Gasteiger partial charge in [0.1, 0.15) is 10.6 Å². The highest BCUT2D eigenvalue weighted by molar-refractivity contribution is 7.99. The molecule has 0 aromatic carbocycles. The van der Waals surface area contributed by atoms with Gasteiger partial charge in [0.05, 0.1) is 11.5 Å². The lowest BCUT2D eigenvalue weighted by atomic mass is 10.4. The Bertz CT molecular complexity index is 529. The van der Waals surface area contributed by atoms with Gasteiger partial charge in [-0.05, 0) is 17.9 Å². The first-order valence-corrected chi connectivity index (χ1v) is 6.68. The zero-order valence-electron chi connectivity index (χ0n) is 8.51. The first kappa shape index (κ1) is 11.2. The van der Waals surface area contributed by atoms with Crippen molar-refractivity contribution in [1.29, 1.82) is 5.26 Å². The number of nitrogens with two attached hydrogens (primary N) is 1. The number of anilines is 1. The van der Waals surface area contributed by atoms with Gasteiger partial charge < -0.3 is 5.73 Å². The highest BCUT2D eigenvalue weighted by atomic mass is 32.2. The number of nitriles is 1. The maximum absolute atomic E-state index is 8.41. The Morgan fingerprint density at radius 1 is 1.50 bits per heavy atom. The van der Waals surface area contributed by atoms with Crippen molar-refractivity contribution in [1.82, 2.24) is 9.97 Å². The Morgan fingerprint density at radius 2 is 2.38 bits per heavy atom. The van der Waals surface area contributed by atoms with E-state index in [9.17, 15) is 0 Å². The Hall–Kier alpha value is -1.32. The van der Waals surface area contributed by atoms with Gasteiger partial charge in [-0.2, -0.15) is 5.26 Å². The minimum atomic E-state index is 0.536. The number of nitrogens with zero attached hydrogens (tertiary/aromatic N) is 3. The molecule has 2 rings (SSSR count). The van der Waals surface area contributed by atoms with Gasteiger partial charge in [-0.25, -0.2) is 9.97 Å². The molecule has 0 aliphatic heterocycles. The lowest BCUT2D eigenvalue weighted by molar-refractivity contribution is 0.964. The maximum Gasteiger partial charge on any atom is 0.190 e. The summed E-state index contributed by atoms with van der Waals surface area (Å²) in [5.41, 5.74) is 5.82. The summed E-state index contributed by atoms with van der Waals surface area (Å²) in [5.74, 6) is 1.39. The normalized spacial score (nSPS) is 10.4. The molecule has 0 saturated carbocycles. The zero-order chi connectivity index (χ0) is 11.4.